The Balaban J connectivity index is 0.000000619. The van der Waals surface area contributed by atoms with Gasteiger partial charge in [0.1, 0.15) is 11.5 Å². The molecular weight excluding hydrogens is 651 g/mol. The molecule has 0 unspecified atom stereocenters. The Morgan fingerprint density at radius 1 is 0.844 bits per heavy atom. The number of carbonyl (C=O) groups excluding carboxylic acids is 2. The molecule has 3 aliphatic rings. The fraction of sp³-hybridized carbons (Fsp3) is 0.517. The first-order valence-electron chi connectivity index (χ1n) is 14.5. The first kappa shape index (κ1) is 36.0. The van der Waals surface area contributed by atoms with Gasteiger partial charge in [0, 0.05) is 31.0 Å². The van der Waals surface area contributed by atoms with Crippen LogP contribution in [0.2, 0.25) is 0 Å². The van der Waals surface area contributed by atoms with Gasteiger partial charge in [0.05, 0.1) is 4.90 Å². The maximum atomic E-state index is 12.9. The van der Waals surface area contributed by atoms with Crippen LogP contribution in [0, 0.1) is 5.92 Å². The minimum atomic E-state index is -4.31. The highest BCUT2D eigenvalue weighted by molar-refractivity contribution is 7.85. The van der Waals surface area contributed by atoms with Crippen LogP contribution in [0.1, 0.15) is 67.7 Å². The second-order valence-electron chi connectivity index (χ2n) is 10.9. The van der Waals surface area contributed by atoms with Crippen molar-refractivity contribution in [2.75, 3.05) is 19.7 Å². The number of aryl methyl sites for hydroxylation is 2. The second kappa shape index (κ2) is 16.2. The van der Waals surface area contributed by atoms with E-state index in [1.807, 2.05) is 12.1 Å². The topological polar surface area (TPSA) is 203 Å². The zero-order chi connectivity index (χ0) is 33.3. The summed E-state index contributed by atoms with van der Waals surface area (Å²) in [5.74, 6) is 0.979. The number of likely N-dealkylation sites (tertiary alicyclic amines) is 1. The van der Waals surface area contributed by atoms with Crippen LogP contribution in [0.25, 0.3) is 11.1 Å². The highest BCUT2D eigenvalue weighted by Gasteiger charge is 2.32. The first-order chi connectivity index (χ1) is 21.2. The SMILES string of the molecule is CCCCCC(=O)C1CCN(C(=O)COc2ccc3c4c2CCc2c(S(=O)(=O)O)ccc(c2-4)CC3)CC1.O=S(=O)=O.O=S(=O)=O. The molecule has 1 amide bonds. The third kappa shape index (κ3) is 9.76. The van der Waals surface area contributed by atoms with E-state index in [9.17, 15) is 22.6 Å². The van der Waals surface area contributed by atoms with Crippen LogP contribution in [0.4, 0.5) is 0 Å². The van der Waals surface area contributed by atoms with Gasteiger partial charge < -0.3 is 9.64 Å². The smallest absolute Gasteiger partial charge is 0.425 e. The number of hydrogen-bond acceptors (Lipinski definition) is 11. The number of hydrogen-bond donors (Lipinski definition) is 1. The number of piperidine rings is 1. The molecule has 1 heterocycles. The number of unbranched alkanes of at least 4 members (excludes halogenated alkanes) is 2. The molecule has 1 saturated heterocycles. The van der Waals surface area contributed by atoms with Crippen LogP contribution in [-0.2, 0) is 66.6 Å². The van der Waals surface area contributed by atoms with Crippen molar-refractivity contribution in [1.29, 1.82) is 0 Å². The van der Waals surface area contributed by atoms with Crippen molar-refractivity contribution in [2.24, 2.45) is 5.92 Å². The van der Waals surface area contributed by atoms with Gasteiger partial charge in [-0.1, -0.05) is 31.9 Å². The van der Waals surface area contributed by atoms with Crippen molar-refractivity contribution >= 4 is 43.0 Å². The fourth-order valence-corrected chi connectivity index (χ4v) is 6.98. The predicted octanol–water partition coefficient (Wildman–Crippen LogP) is 2.56. The van der Waals surface area contributed by atoms with Gasteiger partial charge in [0.25, 0.3) is 16.0 Å². The van der Waals surface area contributed by atoms with Gasteiger partial charge in [-0.15, -0.1) is 25.3 Å². The standard InChI is InChI=1S/C29H35NO6S.2O3S/c1-2-3-4-5-24(31)19-14-16-30(17-15-19)27(32)18-36-25-12-8-20-6-7-21-9-13-26(37(33,34)35)23-11-10-22(25)28(20)29(21)23;2*1-4(2)3/h8-9,12-13,19H,2-7,10-11,14-18H2,1H3,(H,33,34,35);;. The van der Waals surface area contributed by atoms with Gasteiger partial charge in [-0.2, -0.15) is 8.42 Å². The van der Waals surface area contributed by atoms with E-state index in [1.54, 1.807) is 11.0 Å². The molecule has 2 aromatic carbocycles. The van der Waals surface area contributed by atoms with E-state index in [2.05, 4.69) is 6.92 Å². The van der Waals surface area contributed by atoms with Crippen molar-refractivity contribution < 1.29 is 52.5 Å². The number of benzene rings is 2. The molecule has 0 radical (unpaired) electrons. The number of nitrogens with zero attached hydrogens (tertiary/aromatic N) is 1. The predicted molar refractivity (Wildman–Crippen MR) is 160 cm³/mol. The van der Waals surface area contributed by atoms with Crippen molar-refractivity contribution in [3.8, 4) is 16.9 Å². The van der Waals surface area contributed by atoms with E-state index in [0.717, 1.165) is 72.8 Å². The summed E-state index contributed by atoms with van der Waals surface area (Å²) in [4.78, 5) is 27.2. The van der Waals surface area contributed by atoms with Gasteiger partial charge in [-0.3, -0.25) is 14.1 Å². The van der Waals surface area contributed by atoms with Crippen LogP contribution >= 0.6 is 0 Å². The highest BCUT2D eigenvalue weighted by Crippen LogP contribution is 2.47. The number of ketones is 1. The molecule has 2 aliphatic carbocycles. The lowest BCUT2D eigenvalue weighted by molar-refractivity contribution is -0.136. The summed E-state index contributed by atoms with van der Waals surface area (Å²) >= 11 is 0. The number of rotatable bonds is 9. The maximum absolute atomic E-state index is 12.9. The van der Waals surface area contributed by atoms with E-state index in [1.165, 1.54) is 6.07 Å². The molecule has 1 fully saturated rings. The first-order valence-corrected chi connectivity index (χ1v) is 17.9. The van der Waals surface area contributed by atoms with Gasteiger partial charge in [0.15, 0.2) is 6.61 Å². The Kier molecular flexibility index (Phi) is 13.0. The summed E-state index contributed by atoms with van der Waals surface area (Å²) in [6.07, 6.45) is 7.96. The Bertz CT molecular complexity index is 1720. The van der Waals surface area contributed by atoms with E-state index in [4.69, 9.17) is 30.0 Å². The van der Waals surface area contributed by atoms with Gasteiger partial charge >= 0.3 is 21.2 Å². The average Bonchev–Trinajstić information content (AvgIpc) is 2.98. The molecule has 1 aliphatic heterocycles. The molecule has 16 heteroatoms. The lowest BCUT2D eigenvalue weighted by atomic mass is 9.75. The molecule has 0 spiro atoms. The molecule has 0 bridgehead atoms. The van der Waals surface area contributed by atoms with Gasteiger partial charge in [0.2, 0.25) is 0 Å². The van der Waals surface area contributed by atoms with Crippen molar-refractivity contribution in [3.63, 3.8) is 0 Å². The molecule has 246 valence electrons. The van der Waals surface area contributed by atoms with Crippen molar-refractivity contribution in [2.45, 2.75) is 76.0 Å². The van der Waals surface area contributed by atoms with Crippen LogP contribution in [0.5, 0.6) is 5.75 Å². The normalized spacial score (nSPS) is 14.9. The lowest BCUT2D eigenvalue weighted by Gasteiger charge is -2.32. The van der Waals surface area contributed by atoms with E-state index < -0.39 is 31.3 Å². The van der Waals surface area contributed by atoms with Gasteiger partial charge in [-0.05, 0) is 84.9 Å². The van der Waals surface area contributed by atoms with E-state index in [-0.39, 0.29) is 23.3 Å². The third-order valence-corrected chi connectivity index (χ3v) is 9.15. The van der Waals surface area contributed by atoms with Crippen LogP contribution in [0.15, 0.2) is 29.2 Å². The van der Waals surface area contributed by atoms with Gasteiger partial charge in [-0.25, -0.2) is 0 Å². The number of carbonyl (C=O) groups is 2. The summed E-state index contributed by atoms with van der Waals surface area (Å²) in [5.41, 5.74) is 5.80. The Labute approximate surface area is 264 Å². The quantitative estimate of drug-likeness (QED) is 0.299. The summed E-state index contributed by atoms with van der Waals surface area (Å²) in [6.45, 7) is 3.23. The lowest BCUT2D eigenvalue weighted by Crippen LogP contribution is -2.42. The zero-order valence-electron chi connectivity index (χ0n) is 24.7. The second-order valence-corrected chi connectivity index (χ2v) is 13.1. The Hall–Kier alpha value is -3.47. The van der Waals surface area contributed by atoms with Crippen LogP contribution < -0.4 is 4.74 Å². The Morgan fingerprint density at radius 2 is 1.38 bits per heavy atom. The molecule has 0 saturated carbocycles. The summed E-state index contributed by atoms with van der Waals surface area (Å²) in [7, 11) is -10.5. The third-order valence-electron chi connectivity index (χ3n) is 8.21. The monoisotopic (exact) mass is 685 g/mol. The van der Waals surface area contributed by atoms with Crippen LogP contribution in [0.3, 0.4) is 0 Å². The molecule has 0 atom stereocenters. The minimum absolute atomic E-state index is 0.0153. The molecule has 5 rings (SSSR count). The molecule has 45 heavy (non-hydrogen) atoms. The summed E-state index contributed by atoms with van der Waals surface area (Å²) in [6, 6.07) is 7.24. The minimum Gasteiger partial charge on any atom is -0.483 e. The molecule has 0 aromatic heterocycles. The van der Waals surface area contributed by atoms with Crippen LogP contribution in [-0.4, -0.2) is 74.5 Å². The van der Waals surface area contributed by atoms with Crippen molar-refractivity contribution in [1.82, 2.24) is 4.90 Å². The highest BCUT2D eigenvalue weighted by atomic mass is 32.2. The number of Topliss-reactive ketones (excluding diaryl/α,β-unsaturated/α-hetero) is 1. The summed E-state index contributed by atoms with van der Waals surface area (Å²) < 4.78 is 90.5. The summed E-state index contributed by atoms with van der Waals surface area (Å²) in [5, 5.41) is 0. The molecular formula is C29H35NO12S3. The largest absolute Gasteiger partial charge is 0.483 e. The maximum Gasteiger partial charge on any atom is 0.425 e. The fourth-order valence-electron chi connectivity index (χ4n) is 6.22. The molecule has 1 N–H and O–H groups in total. The van der Waals surface area contributed by atoms with E-state index >= 15 is 0 Å². The number of amides is 1. The molecule has 2 aromatic rings. The molecule has 13 nitrogen and oxygen atoms in total. The van der Waals surface area contributed by atoms with E-state index in [0.29, 0.717) is 49.4 Å². The zero-order valence-corrected chi connectivity index (χ0v) is 27.1. The Morgan fingerprint density at radius 3 is 1.93 bits per heavy atom. The van der Waals surface area contributed by atoms with Crippen molar-refractivity contribution in [3.05, 3.63) is 46.5 Å². The average molecular weight is 686 g/mol. The number of ether oxygens (including phenoxy) is 1.